The van der Waals surface area contributed by atoms with Crippen LogP contribution in [0, 0.1) is 5.92 Å². The average molecular weight is 366 g/mol. The molecule has 6 nitrogen and oxygen atoms in total. The van der Waals surface area contributed by atoms with Gasteiger partial charge in [0.25, 0.3) is 0 Å². The second-order valence-electron chi connectivity index (χ2n) is 6.16. The summed E-state index contributed by atoms with van der Waals surface area (Å²) in [7, 11) is 1.32. The summed E-state index contributed by atoms with van der Waals surface area (Å²) in [6, 6.07) is 13.6. The summed E-state index contributed by atoms with van der Waals surface area (Å²) < 4.78 is 4.64. The summed E-state index contributed by atoms with van der Waals surface area (Å²) in [6.07, 6.45) is 3.05. The van der Waals surface area contributed by atoms with Crippen LogP contribution in [0.2, 0.25) is 0 Å². The summed E-state index contributed by atoms with van der Waals surface area (Å²) in [5.41, 5.74) is 2.52. The van der Waals surface area contributed by atoms with Gasteiger partial charge in [0.2, 0.25) is 11.8 Å². The van der Waals surface area contributed by atoms with Crippen molar-refractivity contribution in [3.05, 3.63) is 65.7 Å². The van der Waals surface area contributed by atoms with Crippen molar-refractivity contribution in [2.75, 3.05) is 17.7 Å². The summed E-state index contributed by atoms with van der Waals surface area (Å²) in [5.74, 6) is -0.855. The van der Waals surface area contributed by atoms with Gasteiger partial charge < -0.3 is 15.4 Å². The van der Waals surface area contributed by atoms with Gasteiger partial charge in [0.1, 0.15) is 0 Å². The molecule has 140 valence electrons. The van der Waals surface area contributed by atoms with Gasteiger partial charge in [-0.1, -0.05) is 26.0 Å². The molecule has 0 saturated carbocycles. The van der Waals surface area contributed by atoms with Crippen LogP contribution in [0.3, 0.4) is 0 Å². The Morgan fingerprint density at radius 3 is 1.96 bits per heavy atom. The number of carbonyl (C=O) groups excluding carboxylic acids is 3. The molecule has 0 aromatic heterocycles. The molecule has 2 N–H and O–H groups in total. The van der Waals surface area contributed by atoms with Gasteiger partial charge in [-0.3, -0.25) is 9.59 Å². The molecule has 0 aliphatic heterocycles. The van der Waals surface area contributed by atoms with E-state index in [-0.39, 0.29) is 17.7 Å². The first-order chi connectivity index (χ1) is 12.9. The maximum absolute atomic E-state index is 12.0. The standard InChI is InChI=1S/C21H22N2O4/c1-14(2)20(25)23-18-11-9-17(10-12-18)22-19(24)13-6-15-4-7-16(8-5-15)21(26)27-3/h4-14H,1-3H3,(H,22,24)(H,23,25). The molecule has 2 aromatic rings. The van der Waals surface area contributed by atoms with Gasteiger partial charge in [-0.05, 0) is 48.0 Å². The van der Waals surface area contributed by atoms with Gasteiger partial charge in [0.15, 0.2) is 0 Å². The number of anilines is 2. The molecule has 2 amide bonds. The zero-order valence-corrected chi connectivity index (χ0v) is 15.5. The number of methoxy groups -OCH3 is 1. The fraction of sp³-hybridized carbons (Fsp3) is 0.190. The minimum absolute atomic E-state index is 0.0621. The van der Waals surface area contributed by atoms with Crippen molar-refractivity contribution in [1.29, 1.82) is 0 Å². The van der Waals surface area contributed by atoms with Crippen LogP contribution in [0.25, 0.3) is 6.08 Å². The van der Waals surface area contributed by atoms with Gasteiger partial charge in [0.05, 0.1) is 12.7 Å². The molecule has 0 radical (unpaired) electrons. The fourth-order valence-electron chi connectivity index (χ4n) is 2.13. The summed E-state index contributed by atoms with van der Waals surface area (Å²) in [5, 5.41) is 5.53. The Hall–Kier alpha value is -3.41. The second-order valence-corrected chi connectivity index (χ2v) is 6.16. The normalized spacial score (nSPS) is 10.7. The Kier molecular flexibility index (Phi) is 6.88. The van der Waals surface area contributed by atoms with Crippen molar-refractivity contribution in [2.45, 2.75) is 13.8 Å². The Labute approximate surface area is 158 Å². The van der Waals surface area contributed by atoms with E-state index in [0.717, 1.165) is 5.56 Å². The third-order valence-corrected chi connectivity index (χ3v) is 3.70. The fourth-order valence-corrected chi connectivity index (χ4v) is 2.13. The number of amides is 2. The molecular weight excluding hydrogens is 344 g/mol. The lowest BCUT2D eigenvalue weighted by molar-refractivity contribution is -0.119. The highest BCUT2D eigenvalue weighted by Crippen LogP contribution is 2.15. The number of hydrogen-bond donors (Lipinski definition) is 2. The number of nitrogens with one attached hydrogen (secondary N) is 2. The van der Waals surface area contributed by atoms with Gasteiger partial charge in [-0.2, -0.15) is 0 Å². The van der Waals surface area contributed by atoms with Crippen molar-refractivity contribution in [1.82, 2.24) is 0 Å². The van der Waals surface area contributed by atoms with Crippen LogP contribution in [0.5, 0.6) is 0 Å². The van der Waals surface area contributed by atoms with E-state index in [1.54, 1.807) is 54.6 Å². The van der Waals surface area contributed by atoms with Gasteiger partial charge in [-0.15, -0.1) is 0 Å². The van der Waals surface area contributed by atoms with E-state index in [2.05, 4.69) is 15.4 Å². The van der Waals surface area contributed by atoms with Gasteiger partial charge >= 0.3 is 5.97 Å². The molecule has 0 spiro atoms. The first kappa shape index (κ1) is 19.9. The molecule has 0 heterocycles. The quantitative estimate of drug-likeness (QED) is 0.603. The molecule has 0 aliphatic carbocycles. The van der Waals surface area contributed by atoms with E-state index in [1.807, 2.05) is 13.8 Å². The molecule has 6 heteroatoms. The van der Waals surface area contributed by atoms with E-state index in [4.69, 9.17) is 0 Å². The van der Waals surface area contributed by atoms with Crippen LogP contribution in [0.1, 0.15) is 29.8 Å². The number of hydrogen-bond acceptors (Lipinski definition) is 4. The van der Waals surface area contributed by atoms with Crippen molar-refractivity contribution in [3.8, 4) is 0 Å². The minimum atomic E-state index is -0.406. The summed E-state index contributed by atoms with van der Waals surface area (Å²) in [6.45, 7) is 3.64. The first-order valence-electron chi connectivity index (χ1n) is 8.47. The predicted octanol–water partition coefficient (Wildman–Crippen LogP) is 3.72. The first-order valence-corrected chi connectivity index (χ1v) is 8.47. The Morgan fingerprint density at radius 2 is 1.44 bits per heavy atom. The van der Waals surface area contributed by atoms with E-state index in [9.17, 15) is 14.4 Å². The largest absolute Gasteiger partial charge is 0.465 e. The molecule has 0 fully saturated rings. The molecule has 0 unspecified atom stereocenters. The van der Waals surface area contributed by atoms with Crippen LogP contribution < -0.4 is 10.6 Å². The number of ether oxygens (including phenoxy) is 1. The monoisotopic (exact) mass is 366 g/mol. The highest BCUT2D eigenvalue weighted by atomic mass is 16.5. The van der Waals surface area contributed by atoms with Crippen LogP contribution in [-0.4, -0.2) is 24.9 Å². The number of carbonyl (C=O) groups is 3. The summed E-state index contributed by atoms with van der Waals surface area (Å²) in [4.78, 5) is 35.1. The average Bonchev–Trinajstić information content (AvgIpc) is 2.67. The van der Waals surface area contributed by atoms with Crippen molar-refractivity contribution in [3.63, 3.8) is 0 Å². The second kappa shape index (κ2) is 9.33. The summed E-state index contributed by atoms with van der Waals surface area (Å²) >= 11 is 0. The Bertz CT molecular complexity index is 837. The SMILES string of the molecule is COC(=O)c1ccc(C=CC(=O)Nc2ccc(NC(=O)C(C)C)cc2)cc1. The molecule has 2 rings (SSSR count). The number of rotatable bonds is 6. The molecule has 0 aliphatic rings. The van der Waals surface area contributed by atoms with E-state index >= 15 is 0 Å². The van der Waals surface area contributed by atoms with E-state index in [0.29, 0.717) is 16.9 Å². The van der Waals surface area contributed by atoms with E-state index in [1.165, 1.54) is 13.2 Å². The van der Waals surface area contributed by atoms with E-state index < -0.39 is 5.97 Å². The predicted molar refractivity (Wildman–Crippen MR) is 105 cm³/mol. The topological polar surface area (TPSA) is 84.5 Å². The molecular formula is C21H22N2O4. The lowest BCUT2D eigenvalue weighted by atomic mass is 10.1. The zero-order valence-electron chi connectivity index (χ0n) is 15.5. The zero-order chi connectivity index (χ0) is 19.8. The molecule has 0 bridgehead atoms. The Balaban J connectivity index is 1.92. The Morgan fingerprint density at radius 1 is 0.889 bits per heavy atom. The molecule has 0 atom stereocenters. The van der Waals surface area contributed by atoms with Crippen LogP contribution in [0.15, 0.2) is 54.6 Å². The highest BCUT2D eigenvalue weighted by Gasteiger charge is 2.07. The third-order valence-electron chi connectivity index (χ3n) is 3.70. The highest BCUT2D eigenvalue weighted by molar-refractivity contribution is 6.02. The lowest BCUT2D eigenvalue weighted by Crippen LogP contribution is -2.17. The van der Waals surface area contributed by atoms with Gasteiger partial charge in [-0.25, -0.2) is 4.79 Å². The van der Waals surface area contributed by atoms with Crippen LogP contribution in [0.4, 0.5) is 11.4 Å². The van der Waals surface area contributed by atoms with Crippen molar-refractivity contribution >= 4 is 35.2 Å². The number of esters is 1. The lowest BCUT2D eigenvalue weighted by Gasteiger charge is -2.08. The van der Waals surface area contributed by atoms with Gasteiger partial charge in [0, 0.05) is 23.4 Å². The molecule has 2 aromatic carbocycles. The van der Waals surface area contributed by atoms with Crippen LogP contribution >= 0.6 is 0 Å². The maximum atomic E-state index is 12.0. The molecule has 27 heavy (non-hydrogen) atoms. The smallest absolute Gasteiger partial charge is 0.337 e. The number of benzene rings is 2. The third kappa shape index (κ3) is 6.11. The maximum Gasteiger partial charge on any atom is 0.337 e. The minimum Gasteiger partial charge on any atom is -0.465 e. The van der Waals surface area contributed by atoms with Crippen LogP contribution in [-0.2, 0) is 14.3 Å². The van der Waals surface area contributed by atoms with Crippen molar-refractivity contribution in [2.24, 2.45) is 5.92 Å². The van der Waals surface area contributed by atoms with Crippen molar-refractivity contribution < 1.29 is 19.1 Å². The molecule has 0 saturated heterocycles.